The lowest BCUT2D eigenvalue weighted by molar-refractivity contribution is 0.0616. The molecule has 0 radical (unpaired) electrons. The highest BCUT2D eigenvalue weighted by molar-refractivity contribution is 5.94. The number of hydrogen-bond donors (Lipinski definition) is 0. The number of imidazole rings is 1. The molecule has 6 heteroatoms. The Morgan fingerprint density at radius 3 is 2.81 bits per heavy atom. The number of nitrogens with zero attached hydrogens (tertiary/aromatic N) is 3. The second-order valence-electron chi connectivity index (χ2n) is 8.05. The zero-order chi connectivity index (χ0) is 17.5. The van der Waals surface area contributed by atoms with Crippen molar-refractivity contribution in [2.45, 2.75) is 44.7 Å². The fraction of sp³-hybridized carbons (Fsp3) is 0.600. The van der Waals surface area contributed by atoms with Crippen molar-refractivity contribution in [3.63, 3.8) is 0 Å². The van der Waals surface area contributed by atoms with Crippen LogP contribution in [0.1, 0.15) is 53.3 Å². The van der Waals surface area contributed by atoms with Crippen LogP contribution in [-0.4, -0.2) is 40.1 Å². The van der Waals surface area contributed by atoms with E-state index in [9.17, 15) is 4.79 Å². The third-order valence-electron chi connectivity index (χ3n) is 5.70. The molecule has 6 nitrogen and oxygen atoms in total. The van der Waals surface area contributed by atoms with Crippen LogP contribution in [0, 0.1) is 11.8 Å². The van der Waals surface area contributed by atoms with Crippen molar-refractivity contribution in [2.24, 2.45) is 11.8 Å². The van der Waals surface area contributed by atoms with Gasteiger partial charge >= 0.3 is 0 Å². The number of furan rings is 1. The normalized spacial score (nSPS) is 22.5. The molecule has 0 N–H and O–H groups in total. The number of aromatic nitrogens is 2. The quantitative estimate of drug-likeness (QED) is 0.766. The molecule has 0 bridgehead atoms. The van der Waals surface area contributed by atoms with Gasteiger partial charge in [0.15, 0.2) is 0 Å². The molecule has 1 amide bonds. The zero-order valence-electron chi connectivity index (χ0n) is 15.0. The maximum atomic E-state index is 12.8. The first-order valence-electron chi connectivity index (χ1n) is 9.71. The molecule has 2 aromatic rings. The third-order valence-corrected chi connectivity index (χ3v) is 5.70. The summed E-state index contributed by atoms with van der Waals surface area (Å²) in [4.78, 5) is 19.3. The van der Waals surface area contributed by atoms with E-state index in [-0.39, 0.29) is 11.8 Å². The molecule has 3 heterocycles. The Morgan fingerprint density at radius 2 is 2.08 bits per heavy atom. The summed E-state index contributed by atoms with van der Waals surface area (Å²) in [6.45, 7) is 3.80. The van der Waals surface area contributed by atoms with Crippen LogP contribution in [0.15, 0.2) is 29.3 Å². The van der Waals surface area contributed by atoms with Crippen LogP contribution in [0.5, 0.6) is 0 Å². The molecular weight excluding hydrogens is 330 g/mol. The summed E-state index contributed by atoms with van der Waals surface area (Å²) in [6.07, 6.45) is 10.2. The Morgan fingerprint density at radius 1 is 1.23 bits per heavy atom. The van der Waals surface area contributed by atoms with E-state index in [1.807, 2.05) is 11.2 Å². The largest absolute Gasteiger partial charge is 0.472 e. The van der Waals surface area contributed by atoms with Crippen molar-refractivity contribution in [1.82, 2.24) is 14.5 Å². The molecule has 2 saturated carbocycles. The summed E-state index contributed by atoms with van der Waals surface area (Å²) >= 11 is 0. The average molecular weight is 355 g/mol. The fourth-order valence-corrected chi connectivity index (χ4v) is 3.86. The van der Waals surface area contributed by atoms with Crippen LogP contribution in [0.3, 0.4) is 0 Å². The molecular formula is C20H25N3O3. The summed E-state index contributed by atoms with van der Waals surface area (Å²) in [5.41, 5.74) is 2.90. The lowest BCUT2D eigenvalue weighted by Gasteiger charge is -2.33. The Hall–Kier alpha value is -2.08. The molecule has 0 spiro atoms. The second kappa shape index (κ2) is 6.58. The van der Waals surface area contributed by atoms with Gasteiger partial charge in [-0.25, -0.2) is 4.98 Å². The van der Waals surface area contributed by atoms with Gasteiger partial charge in [0.25, 0.3) is 5.91 Å². The molecule has 2 fully saturated rings. The van der Waals surface area contributed by atoms with Gasteiger partial charge in [0.05, 0.1) is 37.0 Å². The zero-order valence-corrected chi connectivity index (χ0v) is 15.0. The Bertz CT molecular complexity index is 774. The number of ether oxygens (including phenoxy) is 1. The first-order valence-corrected chi connectivity index (χ1v) is 9.71. The van der Waals surface area contributed by atoms with Gasteiger partial charge in [-0.05, 0) is 43.6 Å². The number of rotatable bonds is 7. The van der Waals surface area contributed by atoms with Crippen molar-refractivity contribution in [3.8, 4) is 0 Å². The predicted octanol–water partition coefficient (Wildman–Crippen LogP) is 3.05. The lowest BCUT2D eigenvalue weighted by atomic mass is 9.98. The van der Waals surface area contributed by atoms with Crippen molar-refractivity contribution in [2.75, 3.05) is 19.8 Å². The van der Waals surface area contributed by atoms with Gasteiger partial charge < -0.3 is 18.6 Å². The van der Waals surface area contributed by atoms with E-state index in [0.717, 1.165) is 30.7 Å². The first kappa shape index (κ1) is 16.1. The summed E-state index contributed by atoms with van der Waals surface area (Å²) in [5, 5.41) is 0. The molecule has 0 aromatic carbocycles. The molecule has 2 aliphatic carbocycles. The van der Waals surface area contributed by atoms with Crippen LogP contribution in [0.25, 0.3) is 0 Å². The van der Waals surface area contributed by atoms with E-state index in [1.165, 1.54) is 37.6 Å². The summed E-state index contributed by atoms with van der Waals surface area (Å²) in [7, 11) is 0. The van der Waals surface area contributed by atoms with Crippen LogP contribution < -0.4 is 0 Å². The third kappa shape index (κ3) is 3.30. The van der Waals surface area contributed by atoms with E-state index >= 15 is 0 Å². The van der Waals surface area contributed by atoms with Crippen LogP contribution in [-0.2, 0) is 17.8 Å². The second-order valence-corrected chi connectivity index (χ2v) is 8.05. The number of amides is 1. The molecule has 138 valence electrons. The summed E-state index contributed by atoms with van der Waals surface area (Å²) in [5.74, 6) is 1.74. The van der Waals surface area contributed by atoms with E-state index < -0.39 is 0 Å². The van der Waals surface area contributed by atoms with Gasteiger partial charge in [0, 0.05) is 31.3 Å². The molecule has 3 aliphatic rings. The minimum Gasteiger partial charge on any atom is -0.472 e. The minimum absolute atomic E-state index is 0.00772. The van der Waals surface area contributed by atoms with E-state index in [1.54, 1.807) is 12.3 Å². The van der Waals surface area contributed by atoms with Gasteiger partial charge in [-0.1, -0.05) is 0 Å². The molecule has 0 saturated heterocycles. The Balaban J connectivity index is 1.36. The molecule has 26 heavy (non-hydrogen) atoms. The molecule has 1 unspecified atom stereocenters. The highest BCUT2D eigenvalue weighted by Gasteiger charge is 2.34. The van der Waals surface area contributed by atoms with Crippen molar-refractivity contribution in [1.29, 1.82) is 0 Å². The van der Waals surface area contributed by atoms with Crippen LogP contribution >= 0.6 is 0 Å². The van der Waals surface area contributed by atoms with E-state index in [2.05, 4.69) is 9.55 Å². The van der Waals surface area contributed by atoms with Gasteiger partial charge in [-0.15, -0.1) is 0 Å². The molecule has 1 atom stereocenters. The topological polar surface area (TPSA) is 60.5 Å². The molecule has 2 aromatic heterocycles. The lowest BCUT2D eigenvalue weighted by Crippen LogP contribution is -2.40. The Labute approximate surface area is 153 Å². The monoisotopic (exact) mass is 355 g/mol. The number of carbonyl (C=O) groups excluding carboxylic acids is 1. The maximum absolute atomic E-state index is 12.8. The van der Waals surface area contributed by atoms with Gasteiger partial charge in [0.1, 0.15) is 6.26 Å². The average Bonchev–Trinajstić information content (AvgIpc) is 3.55. The van der Waals surface area contributed by atoms with Gasteiger partial charge in [-0.3, -0.25) is 4.79 Å². The minimum atomic E-state index is 0.00772. The molecule has 1 aliphatic heterocycles. The highest BCUT2D eigenvalue weighted by Crippen LogP contribution is 2.35. The Kier molecular flexibility index (Phi) is 4.08. The van der Waals surface area contributed by atoms with Crippen molar-refractivity contribution < 1.29 is 13.9 Å². The van der Waals surface area contributed by atoms with Gasteiger partial charge in [-0.2, -0.15) is 0 Å². The fourth-order valence-electron chi connectivity index (χ4n) is 3.86. The van der Waals surface area contributed by atoms with Crippen molar-refractivity contribution >= 4 is 5.91 Å². The van der Waals surface area contributed by atoms with Crippen LogP contribution in [0.2, 0.25) is 0 Å². The summed E-state index contributed by atoms with van der Waals surface area (Å²) in [6, 6.07) is 1.72. The standard InChI is InChI=1S/C20H25N3O3/c24-20(16-5-6-25-11-16)22-8-17(12-26-10-15-3-4-15)19-18(9-22)21-13-23(19)7-14-1-2-14/h5-6,11,13-15,17H,1-4,7-10,12H2. The number of carbonyl (C=O) groups is 1. The highest BCUT2D eigenvalue weighted by atomic mass is 16.5. The predicted molar refractivity (Wildman–Crippen MR) is 94.7 cm³/mol. The SMILES string of the molecule is O=C(c1ccoc1)N1Cc2ncn(CC3CC3)c2C(COCC2CC2)C1. The van der Waals surface area contributed by atoms with Crippen LogP contribution in [0.4, 0.5) is 0 Å². The number of hydrogen-bond acceptors (Lipinski definition) is 4. The first-order chi connectivity index (χ1) is 12.8. The molecule has 5 rings (SSSR count). The van der Waals surface area contributed by atoms with E-state index in [0.29, 0.717) is 25.3 Å². The number of fused-ring (bicyclic) bond motifs is 1. The maximum Gasteiger partial charge on any atom is 0.257 e. The summed E-state index contributed by atoms with van der Waals surface area (Å²) < 4.78 is 13.4. The van der Waals surface area contributed by atoms with E-state index in [4.69, 9.17) is 9.15 Å². The smallest absolute Gasteiger partial charge is 0.257 e. The van der Waals surface area contributed by atoms with Crippen molar-refractivity contribution in [3.05, 3.63) is 41.9 Å². The van der Waals surface area contributed by atoms with Gasteiger partial charge in [0.2, 0.25) is 0 Å².